The number of fused-ring (bicyclic) bond motifs is 13. The standard InChI is InChI=1S/C84H107N17O26S/c1-43-71(100-79(119)60(38-66(85)107)90-68(109)41-88-72(112)58(89-44(2)103)34-45-14-20-49(104)21-15-45)82(122)94-57(30-33-128-4)76(116)91-54-12-7-8-31-86-67(108)28-26-55(75(115)98-63(84(124)125)36-47-18-24-51(106)25-19-47)92-74(114)56(27-29-69(110)126-3)93-77(117)59(37-48-40-87-53-11-6-5-10-52(48)53)95-78(118)61(39-70(111)127-43)96-80(120)64(42-102)99-81(121)65-13-9-32-101(65)83(123)62(97-73(54)113)35-46-16-22-50(105)23-17-46/h5-6,10-11,14-25,40,43,54-65,71,87,102,104-106H,7-9,12-13,26-39,41-42H2,1-4H3,(H2,85,107)(H,86,108)(H,88,112)(H,89,103)(H,90,109)(H,91,116)(H,92,114)(H,93,117)(H,94,122)(H,95,118)(H,96,120)(H,97,113)(H,98,115)(H,99,121)(H,100,119)(H,124,125)/t43-,54+,55+,56+,57+,58+,59+,60+,61+,62+,63+,64+,65+,71+/m1/s1. The topological polar surface area (TPSA) is 657 Å². The molecule has 4 heterocycles. The third-order valence-electron chi connectivity index (χ3n) is 21.2. The fourth-order valence-corrected chi connectivity index (χ4v) is 14.8. The van der Waals surface area contributed by atoms with Gasteiger partial charge in [-0.2, -0.15) is 11.8 Å². The van der Waals surface area contributed by atoms with E-state index in [1.807, 2.05) is 0 Å². The largest absolute Gasteiger partial charge is 0.508 e. The number of aromatic hydroxyl groups is 3. The first-order valence-corrected chi connectivity index (χ1v) is 42.6. The highest BCUT2D eigenvalue weighted by Gasteiger charge is 2.44. The Bertz CT molecular complexity index is 4860. The molecule has 3 saturated heterocycles. The van der Waals surface area contributed by atoms with Gasteiger partial charge < -0.3 is 125 Å². The van der Waals surface area contributed by atoms with E-state index in [0.29, 0.717) is 27.6 Å². The van der Waals surface area contributed by atoms with Crippen LogP contribution < -0.4 is 80.2 Å². The van der Waals surface area contributed by atoms with Gasteiger partial charge in [-0.25, -0.2) is 4.79 Å². The number of benzene rings is 4. The van der Waals surface area contributed by atoms with Crippen molar-refractivity contribution in [3.63, 3.8) is 0 Å². The minimum Gasteiger partial charge on any atom is -0.508 e. The van der Waals surface area contributed by atoms with Crippen LogP contribution in [-0.4, -0.2) is 278 Å². The van der Waals surface area contributed by atoms with E-state index in [4.69, 9.17) is 15.2 Å². The molecule has 690 valence electrons. The summed E-state index contributed by atoms with van der Waals surface area (Å²) in [6, 6.07) is -1.34. The summed E-state index contributed by atoms with van der Waals surface area (Å²) in [7, 11) is 1.01. The Morgan fingerprint density at radius 2 is 1.18 bits per heavy atom. The van der Waals surface area contributed by atoms with E-state index in [-0.39, 0.29) is 99.4 Å². The molecule has 0 radical (unpaired) electrons. The molecule has 3 fully saturated rings. The zero-order valence-electron chi connectivity index (χ0n) is 70.5. The molecule has 14 atom stereocenters. The number of esters is 2. The molecule has 0 unspecified atom stereocenters. The van der Waals surface area contributed by atoms with Crippen LogP contribution in [0.4, 0.5) is 0 Å². The first-order valence-electron chi connectivity index (χ1n) is 41.2. The summed E-state index contributed by atoms with van der Waals surface area (Å²) in [5.41, 5.74) is 7.49. The molecule has 3 aliphatic heterocycles. The predicted molar refractivity (Wildman–Crippen MR) is 453 cm³/mol. The van der Waals surface area contributed by atoms with Crippen LogP contribution in [0.15, 0.2) is 103 Å². The monoisotopic (exact) mass is 1800 g/mol. The number of nitrogens with one attached hydrogen (secondary N) is 15. The quantitative estimate of drug-likeness (QED) is 0.0221. The number of amides is 16. The van der Waals surface area contributed by atoms with Gasteiger partial charge in [0.05, 0.1) is 33.1 Å². The van der Waals surface area contributed by atoms with E-state index >= 15 is 38.4 Å². The molecule has 0 spiro atoms. The number of aromatic nitrogens is 1. The van der Waals surface area contributed by atoms with Crippen molar-refractivity contribution in [1.82, 2.24) is 84.3 Å². The molecular formula is C84H107N17O26S. The summed E-state index contributed by atoms with van der Waals surface area (Å²) in [5, 5.41) is 86.4. The van der Waals surface area contributed by atoms with Crippen molar-refractivity contribution in [2.24, 2.45) is 5.73 Å². The minimum atomic E-state index is -2.36. The summed E-state index contributed by atoms with van der Waals surface area (Å²) in [4.78, 5) is 278. The van der Waals surface area contributed by atoms with Gasteiger partial charge in [0, 0.05) is 75.6 Å². The van der Waals surface area contributed by atoms with Gasteiger partial charge in [-0.1, -0.05) is 54.6 Å². The lowest BCUT2D eigenvalue weighted by Crippen LogP contribution is -2.62. The molecule has 16 amide bonds. The number of aliphatic hydroxyl groups is 1. The number of hydrogen-bond acceptors (Lipinski definition) is 26. The number of nitrogens with two attached hydrogens (primary N) is 1. The van der Waals surface area contributed by atoms with Crippen molar-refractivity contribution < 1.29 is 126 Å². The van der Waals surface area contributed by atoms with Gasteiger partial charge in [0.25, 0.3) is 0 Å². The number of carboxylic acid groups (broad SMARTS) is 1. The number of methoxy groups -OCH3 is 1. The van der Waals surface area contributed by atoms with E-state index in [0.717, 1.165) is 37.6 Å². The number of carboxylic acids is 1. The number of carbonyl (C=O) groups is 19. The average molecular weight is 1800 g/mol. The van der Waals surface area contributed by atoms with Crippen molar-refractivity contribution in [1.29, 1.82) is 0 Å². The maximum atomic E-state index is 15.6. The number of carbonyl (C=O) groups excluding carboxylic acids is 18. The van der Waals surface area contributed by atoms with Gasteiger partial charge in [-0.15, -0.1) is 0 Å². The van der Waals surface area contributed by atoms with Crippen molar-refractivity contribution in [3.05, 3.63) is 126 Å². The molecule has 43 nitrogen and oxygen atoms in total. The van der Waals surface area contributed by atoms with Crippen LogP contribution in [0, 0.1) is 0 Å². The van der Waals surface area contributed by atoms with Crippen molar-refractivity contribution in [2.75, 3.05) is 45.4 Å². The third kappa shape index (κ3) is 30.4. The average Bonchev–Trinajstić information content (AvgIpc) is 1.61. The maximum Gasteiger partial charge on any atom is 0.326 e. The Morgan fingerprint density at radius 1 is 0.602 bits per heavy atom. The van der Waals surface area contributed by atoms with Gasteiger partial charge in [0.2, 0.25) is 94.5 Å². The Hall–Kier alpha value is -13.9. The maximum absolute atomic E-state index is 15.6. The van der Waals surface area contributed by atoms with Crippen molar-refractivity contribution >= 4 is 135 Å². The number of ether oxygens (including phenoxy) is 2. The van der Waals surface area contributed by atoms with E-state index in [9.17, 15) is 78.3 Å². The van der Waals surface area contributed by atoms with Gasteiger partial charge in [-0.05, 0) is 135 Å². The number of para-hydroxylation sites is 1. The van der Waals surface area contributed by atoms with E-state index < -0.39 is 255 Å². The molecule has 3 aliphatic rings. The third-order valence-corrected chi connectivity index (χ3v) is 21.8. The smallest absolute Gasteiger partial charge is 0.326 e. The number of primary amides is 1. The second-order valence-corrected chi connectivity index (χ2v) is 31.8. The van der Waals surface area contributed by atoms with Crippen LogP contribution in [0.3, 0.4) is 0 Å². The summed E-state index contributed by atoms with van der Waals surface area (Å²) < 4.78 is 10.7. The number of phenols is 3. The first-order chi connectivity index (χ1) is 61.0. The van der Waals surface area contributed by atoms with Crippen molar-refractivity contribution in [3.8, 4) is 17.2 Å². The summed E-state index contributed by atoms with van der Waals surface area (Å²) in [6.45, 7) is -0.479. The van der Waals surface area contributed by atoms with Crippen molar-refractivity contribution in [2.45, 2.75) is 201 Å². The number of aromatic amines is 1. The highest BCUT2D eigenvalue weighted by Crippen LogP contribution is 2.25. The molecule has 0 aliphatic carbocycles. The molecule has 4 aromatic carbocycles. The molecule has 0 saturated carbocycles. The number of rotatable bonds is 27. The SMILES string of the molecule is COC(=O)CC[C@@H]1NC(=O)[C@H](Cc2c[nH]c3ccccc23)NC(=O)[C@@H]2CC(=O)O[C@H](C)[C@H](NC(=O)[C@H](CC(N)=O)NC(=O)CNC(=O)[C@H](Cc3ccc(O)cc3)NC(C)=O)C(=O)N[C@@H](CCSC)C(=O)N[C@@H](CCCCNC(=O)CC[C@@H](C(=O)N[C@@H](Cc3ccc(O)cc3)C(=O)O)NC1=O)C(=O)N[C@@H](Cc1ccc(O)cc1)C(=O)N1CCC[C@H]1C(=O)N[C@@H](CO)C(=O)N2. The lowest BCUT2D eigenvalue weighted by atomic mass is 10.0. The number of aliphatic hydroxyl groups excluding tert-OH is 1. The second-order valence-electron chi connectivity index (χ2n) is 30.9. The molecule has 2 bridgehead atoms. The van der Waals surface area contributed by atoms with E-state index in [1.165, 1.54) is 79.0 Å². The lowest BCUT2D eigenvalue weighted by molar-refractivity contribution is -0.154. The van der Waals surface area contributed by atoms with Gasteiger partial charge >= 0.3 is 17.9 Å². The Morgan fingerprint density at radius 3 is 1.81 bits per heavy atom. The van der Waals surface area contributed by atoms with Crippen LogP contribution in [0.2, 0.25) is 0 Å². The zero-order chi connectivity index (χ0) is 93.4. The summed E-state index contributed by atoms with van der Waals surface area (Å²) in [5.74, 6) is -22.9. The fourth-order valence-electron chi connectivity index (χ4n) is 14.4. The molecule has 44 heteroatoms. The Labute approximate surface area is 737 Å². The van der Waals surface area contributed by atoms with E-state index in [2.05, 4.69) is 79.4 Å². The van der Waals surface area contributed by atoms with Gasteiger partial charge in [0.1, 0.15) is 102 Å². The van der Waals surface area contributed by atoms with Crippen LogP contribution >= 0.6 is 11.8 Å². The Kier molecular flexibility index (Phi) is 37.7. The number of hydrogen-bond donors (Lipinski definition) is 21. The lowest BCUT2D eigenvalue weighted by Gasteiger charge is -2.31. The zero-order valence-corrected chi connectivity index (χ0v) is 71.3. The van der Waals surface area contributed by atoms with Crippen LogP contribution in [0.5, 0.6) is 17.2 Å². The van der Waals surface area contributed by atoms with Gasteiger partial charge in [-0.3, -0.25) is 86.3 Å². The van der Waals surface area contributed by atoms with Crippen LogP contribution in [-0.2, 0) is 126 Å². The molecule has 128 heavy (non-hydrogen) atoms. The number of aliphatic carboxylic acids is 1. The number of H-pyrrole nitrogens is 1. The number of phenolic OH excluding ortho intramolecular Hbond substituents is 3. The molecule has 1 aromatic heterocycles. The summed E-state index contributed by atoms with van der Waals surface area (Å²) >= 11 is 1.16. The van der Waals surface area contributed by atoms with Crippen LogP contribution in [0.25, 0.3) is 10.9 Å². The summed E-state index contributed by atoms with van der Waals surface area (Å²) in [6.07, 6.45) is -6.09. The molecule has 5 aromatic rings. The molecular weight excluding hydrogens is 1700 g/mol. The van der Waals surface area contributed by atoms with Gasteiger partial charge in [0.15, 0.2) is 0 Å². The normalized spacial score (nSPS) is 22.6. The predicted octanol–water partition coefficient (Wildman–Crippen LogP) is -4.43. The number of nitrogens with zero attached hydrogens (tertiary/aromatic N) is 1. The fraction of sp³-hybridized carbons (Fsp3) is 0.464. The van der Waals surface area contributed by atoms with Crippen LogP contribution in [0.1, 0.15) is 113 Å². The minimum absolute atomic E-state index is 0.0292. The Balaban J connectivity index is 1.26. The molecule has 8 rings (SSSR count). The highest BCUT2D eigenvalue weighted by molar-refractivity contribution is 7.98. The number of thioether (sulfide) groups is 1. The van der Waals surface area contributed by atoms with E-state index in [1.54, 1.807) is 30.5 Å². The highest BCUT2D eigenvalue weighted by atomic mass is 32.2. The molecule has 22 N–H and O–H groups in total. The second kappa shape index (κ2) is 48.5. The first kappa shape index (κ1) is 99.5.